The number of imidazole rings is 1. The van der Waals surface area contributed by atoms with Gasteiger partial charge in [0.25, 0.3) is 0 Å². The Bertz CT molecular complexity index is 3350. The molecular formula is C65H66N3OPt-. The fourth-order valence-electron chi connectivity index (χ4n) is 9.44. The predicted octanol–water partition coefficient (Wildman–Crippen LogP) is 17.4. The van der Waals surface area contributed by atoms with Gasteiger partial charge in [-0.15, -0.1) is 29.3 Å². The summed E-state index contributed by atoms with van der Waals surface area (Å²) in [7, 11) is 0. The van der Waals surface area contributed by atoms with Gasteiger partial charge in [0.2, 0.25) is 0 Å². The van der Waals surface area contributed by atoms with Crippen LogP contribution in [0.15, 0.2) is 158 Å². The summed E-state index contributed by atoms with van der Waals surface area (Å²) in [6, 6.07) is 58.3. The molecule has 0 bridgehead atoms. The number of aromatic nitrogens is 3. The first-order chi connectivity index (χ1) is 32.6. The Morgan fingerprint density at radius 1 is 0.471 bits per heavy atom. The predicted molar refractivity (Wildman–Crippen MR) is 292 cm³/mol. The first-order valence-corrected chi connectivity index (χ1v) is 24.4. The molecule has 2 aromatic heterocycles. The molecule has 7 aromatic carbocycles. The summed E-state index contributed by atoms with van der Waals surface area (Å²) in [6.07, 6.45) is 1.90. The first-order valence-electron chi connectivity index (χ1n) is 24.4. The molecular weight excluding hydrogens is 1030 g/mol. The average molecular weight is 1100 g/mol. The molecule has 9 aromatic rings. The molecule has 0 spiro atoms. The van der Waals surface area contributed by atoms with Gasteiger partial charge in [-0.2, -0.15) is 0 Å². The maximum atomic E-state index is 12.8. The van der Waals surface area contributed by atoms with Gasteiger partial charge in [-0.1, -0.05) is 209 Å². The molecule has 9 rings (SSSR count). The van der Waals surface area contributed by atoms with Crippen molar-refractivity contribution in [1.82, 2.24) is 14.5 Å². The molecule has 358 valence electrons. The Morgan fingerprint density at radius 3 is 1.66 bits per heavy atom. The van der Waals surface area contributed by atoms with E-state index >= 15 is 0 Å². The number of hydrogen-bond donors (Lipinski definition) is 1. The molecule has 0 saturated carbocycles. The normalized spacial score (nSPS) is 12.3. The van der Waals surface area contributed by atoms with Crippen molar-refractivity contribution >= 4 is 11.0 Å². The standard InChI is InChI=1S/C65H66N3O.Pt/c1-41-27-29-42(30-28-41)45-31-32-66-56(36-45)47-33-46(34-48(35-47)62(2,3)4)50-25-20-26-57-59(50)67-61(53-37-49(63(5,6)7)38-55(60(53)69)65(11,12)13)68(57)58-40-51(43-21-16-14-17-22-43)54(64(8,9)10)39-52(58)44-23-18-15-19-24-44;/h14-32,34-40,69H,1-13H3;/q-1;. The number of rotatable bonds is 7. The van der Waals surface area contributed by atoms with Crippen LogP contribution in [-0.2, 0) is 42.7 Å². The van der Waals surface area contributed by atoms with Crippen molar-refractivity contribution in [3.05, 3.63) is 192 Å². The van der Waals surface area contributed by atoms with Gasteiger partial charge in [-0.25, -0.2) is 4.98 Å². The maximum absolute atomic E-state index is 12.8. The van der Waals surface area contributed by atoms with Crippen molar-refractivity contribution < 1.29 is 26.2 Å². The Kier molecular flexibility index (Phi) is 13.4. The molecule has 5 heteroatoms. The SMILES string of the molecule is Cc1ccc(-c2ccnc(-c3[c-]c(-c4cccc5c4nc(-c4cc(C(C)(C)C)cc(C(C)(C)C)c4O)n5-c4cc(-c5ccccc5)c(C(C)(C)C)cc4-c4ccccc4)cc(C(C)(C)C)c3)c2)cc1.[Pt]. The summed E-state index contributed by atoms with van der Waals surface area (Å²) in [6.45, 7) is 29.0. The van der Waals surface area contributed by atoms with E-state index in [1.807, 2.05) is 6.20 Å². The van der Waals surface area contributed by atoms with Crippen LogP contribution in [0.25, 0.3) is 83.9 Å². The van der Waals surface area contributed by atoms with Crippen LogP contribution in [0.4, 0.5) is 0 Å². The zero-order valence-electron chi connectivity index (χ0n) is 43.1. The second-order valence-corrected chi connectivity index (χ2v) is 23.0. The number of nitrogens with zero attached hydrogens (tertiary/aromatic N) is 3. The zero-order valence-corrected chi connectivity index (χ0v) is 45.4. The van der Waals surface area contributed by atoms with E-state index in [4.69, 9.17) is 9.97 Å². The third-order valence-corrected chi connectivity index (χ3v) is 13.5. The van der Waals surface area contributed by atoms with Crippen molar-refractivity contribution in [2.45, 2.75) is 112 Å². The van der Waals surface area contributed by atoms with Gasteiger partial charge in [0.15, 0.2) is 0 Å². The van der Waals surface area contributed by atoms with Crippen LogP contribution in [0.2, 0.25) is 0 Å². The smallest absolute Gasteiger partial charge is 0.148 e. The monoisotopic (exact) mass is 1100 g/mol. The number of phenolic OH excluding ortho intramolecular Hbond substituents is 1. The summed E-state index contributed by atoms with van der Waals surface area (Å²) in [5.74, 6) is 0.915. The van der Waals surface area contributed by atoms with Crippen molar-refractivity contribution in [3.8, 4) is 78.6 Å². The minimum absolute atomic E-state index is 0. The van der Waals surface area contributed by atoms with Crippen LogP contribution in [-0.4, -0.2) is 19.6 Å². The first kappa shape index (κ1) is 50.0. The largest absolute Gasteiger partial charge is 0.507 e. The van der Waals surface area contributed by atoms with Gasteiger partial charge >= 0.3 is 0 Å². The van der Waals surface area contributed by atoms with E-state index in [9.17, 15) is 5.11 Å². The molecule has 1 N–H and O–H groups in total. The summed E-state index contributed by atoms with van der Waals surface area (Å²) in [5.41, 5.74) is 18.6. The van der Waals surface area contributed by atoms with Crippen molar-refractivity contribution in [1.29, 1.82) is 0 Å². The molecule has 0 amide bonds. The molecule has 4 nitrogen and oxygen atoms in total. The number of aryl methyl sites for hydroxylation is 1. The molecule has 2 heterocycles. The van der Waals surface area contributed by atoms with Gasteiger partial charge in [-0.3, -0.25) is 9.55 Å². The van der Waals surface area contributed by atoms with Crippen LogP contribution in [0.3, 0.4) is 0 Å². The van der Waals surface area contributed by atoms with Crippen LogP contribution in [0, 0.1) is 13.0 Å². The third kappa shape index (κ3) is 9.86. The molecule has 0 aliphatic carbocycles. The minimum atomic E-state index is -0.352. The van der Waals surface area contributed by atoms with Crippen LogP contribution >= 0.6 is 0 Å². The molecule has 0 aliphatic heterocycles. The molecule has 0 atom stereocenters. The Balaban J connectivity index is 0.00000659. The van der Waals surface area contributed by atoms with E-state index in [2.05, 4.69) is 252 Å². The van der Waals surface area contributed by atoms with Crippen LogP contribution in [0.1, 0.15) is 111 Å². The van der Waals surface area contributed by atoms with Crippen molar-refractivity contribution in [2.75, 3.05) is 0 Å². The van der Waals surface area contributed by atoms with Crippen LogP contribution < -0.4 is 0 Å². The molecule has 0 fully saturated rings. The Hall–Kier alpha value is -6.35. The maximum Gasteiger partial charge on any atom is 0.148 e. The topological polar surface area (TPSA) is 50.9 Å². The quantitative estimate of drug-likeness (QED) is 0.162. The number of fused-ring (bicyclic) bond motifs is 1. The molecule has 0 radical (unpaired) electrons. The number of hydrogen-bond acceptors (Lipinski definition) is 3. The fraction of sp³-hybridized carbons (Fsp3) is 0.262. The summed E-state index contributed by atoms with van der Waals surface area (Å²) in [4.78, 5) is 10.7. The van der Waals surface area contributed by atoms with E-state index in [1.165, 1.54) is 16.7 Å². The van der Waals surface area contributed by atoms with Crippen molar-refractivity contribution in [3.63, 3.8) is 0 Å². The zero-order chi connectivity index (χ0) is 49.2. The van der Waals surface area contributed by atoms with Crippen LogP contribution in [0.5, 0.6) is 5.75 Å². The van der Waals surface area contributed by atoms with E-state index in [0.717, 1.165) is 83.6 Å². The Morgan fingerprint density at radius 2 is 1.06 bits per heavy atom. The van der Waals surface area contributed by atoms with Gasteiger partial charge < -0.3 is 5.11 Å². The van der Waals surface area contributed by atoms with Gasteiger partial charge in [0.1, 0.15) is 11.6 Å². The average Bonchev–Trinajstić information content (AvgIpc) is 3.70. The van der Waals surface area contributed by atoms with E-state index in [1.54, 1.807) is 0 Å². The van der Waals surface area contributed by atoms with E-state index in [-0.39, 0.29) is 48.5 Å². The minimum Gasteiger partial charge on any atom is -0.507 e. The third-order valence-electron chi connectivity index (χ3n) is 13.5. The second kappa shape index (κ2) is 18.8. The summed E-state index contributed by atoms with van der Waals surface area (Å²) >= 11 is 0. The number of phenols is 1. The van der Waals surface area contributed by atoms with E-state index in [0.29, 0.717) is 11.4 Å². The number of benzene rings is 7. The summed E-state index contributed by atoms with van der Waals surface area (Å²) < 4.78 is 2.31. The Labute approximate surface area is 431 Å². The number of aromatic hydroxyl groups is 1. The fourth-order valence-corrected chi connectivity index (χ4v) is 9.44. The molecule has 0 aliphatic rings. The summed E-state index contributed by atoms with van der Waals surface area (Å²) in [5, 5.41) is 12.8. The van der Waals surface area contributed by atoms with E-state index < -0.39 is 0 Å². The van der Waals surface area contributed by atoms with Gasteiger partial charge in [-0.05, 0) is 97.9 Å². The molecule has 70 heavy (non-hydrogen) atoms. The molecule has 0 saturated heterocycles. The van der Waals surface area contributed by atoms with Gasteiger partial charge in [0.05, 0.1) is 22.3 Å². The number of para-hydroxylation sites is 1. The second-order valence-electron chi connectivity index (χ2n) is 23.0. The van der Waals surface area contributed by atoms with Crippen molar-refractivity contribution in [2.24, 2.45) is 0 Å². The van der Waals surface area contributed by atoms with Gasteiger partial charge in [0, 0.05) is 44.1 Å². The molecule has 0 unspecified atom stereocenters. The number of pyridine rings is 1.